The maximum absolute atomic E-state index is 13.2. The Balaban J connectivity index is 1.77. The number of nitrogens with zero attached hydrogens (tertiary/aromatic N) is 1. The van der Waals surface area contributed by atoms with Crippen LogP contribution in [0.2, 0.25) is 5.02 Å². The van der Waals surface area contributed by atoms with Gasteiger partial charge in [-0.05, 0) is 29.2 Å². The molecule has 3 aromatic carbocycles. The fraction of sp³-hybridized carbons (Fsp3) is 0.174. The van der Waals surface area contributed by atoms with Crippen LogP contribution in [-0.4, -0.2) is 15.6 Å². The van der Waals surface area contributed by atoms with Crippen LogP contribution in [0.1, 0.15) is 16.7 Å². The van der Waals surface area contributed by atoms with Gasteiger partial charge in [-0.2, -0.15) is 0 Å². The zero-order valence-electron chi connectivity index (χ0n) is 14.9. The van der Waals surface area contributed by atoms with Crippen LogP contribution in [0.4, 0.5) is 0 Å². The number of rotatable bonds is 7. The minimum Gasteiger partial charge on any atom is -0.333 e. The van der Waals surface area contributed by atoms with Crippen molar-refractivity contribution in [1.82, 2.24) is 4.90 Å². The lowest BCUT2D eigenvalue weighted by Gasteiger charge is -2.26. The number of hydrogen-bond acceptors (Lipinski definition) is 1. The molecular weight excluding hydrogens is 422 g/mol. The van der Waals surface area contributed by atoms with Gasteiger partial charge in [0.2, 0.25) is 5.91 Å². The molecule has 138 valence electrons. The molecule has 0 radical (unpaired) electrons. The first-order valence-electron chi connectivity index (χ1n) is 8.87. The second-order valence-corrected chi connectivity index (χ2v) is 7.94. The van der Waals surface area contributed by atoms with E-state index in [0.717, 1.165) is 16.7 Å². The molecule has 27 heavy (non-hydrogen) atoms. The third kappa shape index (κ3) is 5.69. The number of halogens is 2. The zero-order valence-corrected chi connectivity index (χ0v) is 17.2. The minimum absolute atomic E-state index is 0.0580. The molecule has 0 bridgehead atoms. The maximum atomic E-state index is 13.2. The Bertz CT molecular complexity index is 828. The van der Waals surface area contributed by atoms with Crippen molar-refractivity contribution >= 4 is 33.4 Å². The van der Waals surface area contributed by atoms with Gasteiger partial charge in [0.25, 0.3) is 0 Å². The highest BCUT2D eigenvalue weighted by molar-refractivity contribution is 9.10. The summed E-state index contributed by atoms with van der Waals surface area (Å²) in [5.74, 6) is 0.0580. The van der Waals surface area contributed by atoms with Crippen molar-refractivity contribution in [2.24, 2.45) is 0 Å². The first-order chi connectivity index (χ1) is 13.1. The van der Waals surface area contributed by atoms with E-state index in [1.807, 2.05) is 89.8 Å². The number of carbonyl (C=O) groups is 1. The van der Waals surface area contributed by atoms with Crippen molar-refractivity contribution in [2.45, 2.75) is 24.3 Å². The summed E-state index contributed by atoms with van der Waals surface area (Å²) in [6.07, 6.45) is 0.554. The molecular formula is C23H21BrClNO. The van der Waals surface area contributed by atoms with Crippen molar-refractivity contribution in [1.29, 1.82) is 0 Å². The molecule has 0 aliphatic carbocycles. The largest absolute Gasteiger partial charge is 0.333 e. The van der Waals surface area contributed by atoms with Crippen LogP contribution in [-0.2, 0) is 24.3 Å². The summed E-state index contributed by atoms with van der Waals surface area (Å²) in [6.45, 7) is 1.14. The van der Waals surface area contributed by atoms with Crippen LogP contribution < -0.4 is 0 Å². The molecule has 0 saturated carbocycles. The van der Waals surface area contributed by atoms with E-state index in [1.165, 1.54) is 0 Å². The van der Waals surface area contributed by atoms with Crippen molar-refractivity contribution in [3.05, 3.63) is 107 Å². The average Bonchev–Trinajstić information content (AvgIpc) is 2.70. The minimum atomic E-state index is -0.329. The summed E-state index contributed by atoms with van der Waals surface area (Å²) >= 11 is 9.86. The van der Waals surface area contributed by atoms with Gasteiger partial charge >= 0.3 is 0 Å². The number of alkyl halides is 1. The number of benzene rings is 3. The summed E-state index contributed by atoms with van der Waals surface area (Å²) < 4.78 is 0. The molecule has 0 aromatic heterocycles. The molecule has 0 fully saturated rings. The molecule has 3 aromatic rings. The van der Waals surface area contributed by atoms with Gasteiger partial charge in [0.05, 0.1) is 4.83 Å². The van der Waals surface area contributed by atoms with Gasteiger partial charge in [0.1, 0.15) is 0 Å². The zero-order chi connectivity index (χ0) is 19.1. The highest BCUT2D eigenvalue weighted by Crippen LogP contribution is 2.22. The topological polar surface area (TPSA) is 20.3 Å². The molecule has 0 N–H and O–H groups in total. The van der Waals surface area contributed by atoms with Gasteiger partial charge in [-0.3, -0.25) is 4.79 Å². The van der Waals surface area contributed by atoms with Crippen LogP contribution in [0.25, 0.3) is 0 Å². The Hall–Kier alpha value is -2.10. The summed E-state index contributed by atoms with van der Waals surface area (Å²) in [5, 5.41) is 0.687. The normalized spacial score (nSPS) is 11.8. The van der Waals surface area contributed by atoms with Gasteiger partial charge in [0.15, 0.2) is 0 Å². The molecule has 1 atom stereocenters. The maximum Gasteiger partial charge on any atom is 0.237 e. The van der Waals surface area contributed by atoms with Crippen LogP contribution in [0.15, 0.2) is 84.9 Å². The highest BCUT2D eigenvalue weighted by atomic mass is 79.9. The Morgan fingerprint density at radius 1 is 0.815 bits per heavy atom. The quantitative estimate of drug-likeness (QED) is 0.419. The standard InChI is InChI=1S/C23H21BrClNO/c24-21(15-20-13-7-8-14-22(20)25)23(27)26(16-18-9-3-1-4-10-18)17-19-11-5-2-6-12-19/h1-14,21H,15-17H2. The number of amides is 1. The third-order valence-corrected chi connectivity index (χ3v) is 5.45. The van der Waals surface area contributed by atoms with Crippen molar-refractivity contribution in [3.63, 3.8) is 0 Å². The molecule has 0 spiro atoms. The van der Waals surface area contributed by atoms with E-state index in [-0.39, 0.29) is 10.7 Å². The number of hydrogen-bond donors (Lipinski definition) is 0. The van der Waals surface area contributed by atoms with Crippen molar-refractivity contribution < 1.29 is 4.79 Å². The first kappa shape index (κ1) is 19.7. The fourth-order valence-corrected chi connectivity index (χ4v) is 3.81. The molecule has 0 aliphatic heterocycles. The Morgan fingerprint density at radius 2 is 1.30 bits per heavy atom. The van der Waals surface area contributed by atoms with E-state index in [4.69, 9.17) is 11.6 Å². The Kier molecular flexibility index (Phi) is 7.08. The molecule has 1 amide bonds. The van der Waals surface area contributed by atoms with Crippen molar-refractivity contribution in [3.8, 4) is 0 Å². The van der Waals surface area contributed by atoms with Crippen molar-refractivity contribution in [2.75, 3.05) is 0 Å². The smallest absolute Gasteiger partial charge is 0.237 e. The van der Waals surface area contributed by atoms with Crippen LogP contribution >= 0.6 is 27.5 Å². The summed E-state index contributed by atoms with van der Waals surface area (Å²) in [5.41, 5.74) is 3.19. The molecule has 0 heterocycles. The van der Waals surface area contributed by atoms with E-state index in [2.05, 4.69) is 15.9 Å². The SMILES string of the molecule is O=C(C(Br)Cc1ccccc1Cl)N(Cc1ccccc1)Cc1ccccc1. The number of carbonyl (C=O) groups excluding carboxylic acids is 1. The molecule has 1 unspecified atom stereocenters. The fourth-order valence-electron chi connectivity index (χ4n) is 2.96. The Labute approximate surface area is 173 Å². The lowest BCUT2D eigenvalue weighted by atomic mass is 10.1. The van der Waals surface area contributed by atoms with Gasteiger partial charge in [-0.15, -0.1) is 0 Å². The van der Waals surface area contributed by atoms with Crippen LogP contribution in [0.5, 0.6) is 0 Å². The van der Waals surface area contributed by atoms with Crippen LogP contribution in [0.3, 0.4) is 0 Å². The monoisotopic (exact) mass is 441 g/mol. The summed E-state index contributed by atoms with van der Waals surface area (Å²) in [6, 6.07) is 27.8. The molecule has 0 aliphatic rings. The summed E-state index contributed by atoms with van der Waals surface area (Å²) in [4.78, 5) is 14.8. The average molecular weight is 443 g/mol. The van der Waals surface area contributed by atoms with E-state index >= 15 is 0 Å². The van der Waals surface area contributed by atoms with Gasteiger partial charge in [0, 0.05) is 18.1 Å². The van der Waals surface area contributed by atoms with Crippen LogP contribution in [0, 0.1) is 0 Å². The molecule has 2 nitrogen and oxygen atoms in total. The molecule has 3 rings (SSSR count). The third-order valence-electron chi connectivity index (χ3n) is 4.37. The Morgan fingerprint density at radius 3 is 1.81 bits per heavy atom. The first-order valence-corrected chi connectivity index (χ1v) is 10.2. The van der Waals surface area contributed by atoms with Gasteiger partial charge in [-0.1, -0.05) is 106 Å². The lowest BCUT2D eigenvalue weighted by molar-refractivity contribution is -0.131. The van der Waals surface area contributed by atoms with E-state index < -0.39 is 0 Å². The van der Waals surface area contributed by atoms with E-state index in [0.29, 0.717) is 24.5 Å². The lowest BCUT2D eigenvalue weighted by Crippen LogP contribution is -2.36. The second kappa shape index (κ2) is 9.72. The molecule has 0 saturated heterocycles. The molecule has 4 heteroatoms. The van der Waals surface area contributed by atoms with E-state index in [1.54, 1.807) is 0 Å². The van der Waals surface area contributed by atoms with Gasteiger partial charge < -0.3 is 4.90 Å². The predicted molar refractivity (Wildman–Crippen MR) is 115 cm³/mol. The predicted octanol–water partition coefficient (Wildman–Crippen LogP) is 5.88. The second-order valence-electron chi connectivity index (χ2n) is 6.43. The summed E-state index contributed by atoms with van der Waals surface area (Å²) in [7, 11) is 0. The highest BCUT2D eigenvalue weighted by Gasteiger charge is 2.23. The van der Waals surface area contributed by atoms with E-state index in [9.17, 15) is 4.79 Å². The van der Waals surface area contributed by atoms with Gasteiger partial charge in [-0.25, -0.2) is 0 Å².